The van der Waals surface area contributed by atoms with Crippen molar-refractivity contribution in [2.24, 2.45) is 0 Å². The highest BCUT2D eigenvalue weighted by Gasteiger charge is 2.54. The van der Waals surface area contributed by atoms with Gasteiger partial charge in [0.05, 0.1) is 6.10 Å². The summed E-state index contributed by atoms with van der Waals surface area (Å²) in [7, 11) is 0. The van der Waals surface area contributed by atoms with E-state index in [2.05, 4.69) is 0 Å². The van der Waals surface area contributed by atoms with Gasteiger partial charge in [-0.3, -0.25) is 0 Å². The molecule has 8 nitrogen and oxygen atoms in total. The topological polar surface area (TPSA) is 130 Å². The summed E-state index contributed by atoms with van der Waals surface area (Å²) in [4.78, 5) is 36.6. The molecule has 2 aromatic rings. The molecule has 172 valence electrons. The van der Waals surface area contributed by atoms with E-state index in [-0.39, 0.29) is 0 Å². The maximum absolute atomic E-state index is 12.3. The number of carboxylic acid groups (broad SMARTS) is 1. The molecule has 0 aliphatic heterocycles. The number of aliphatic hydroxyl groups is 2. The van der Waals surface area contributed by atoms with Crippen LogP contribution in [0.15, 0.2) is 72.8 Å². The molecule has 0 heterocycles. The molecule has 0 unspecified atom stereocenters. The van der Waals surface area contributed by atoms with Crippen LogP contribution in [-0.4, -0.2) is 57.1 Å². The van der Waals surface area contributed by atoms with E-state index in [1.807, 2.05) is 6.07 Å². The number of rotatable bonds is 7. The Hall–Kier alpha value is -3.75. The first-order valence-electron chi connectivity index (χ1n) is 10.3. The fourth-order valence-corrected chi connectivity index (χ4v) is 3.52. The third-order valence-corrected chi connectivity index (χ3v) is 5.22. The average molecular weight is 452 g/mol. The lowest BCUT2D eigenvalue weighted by Gasteiger charge is -2.41. The normalized spacial score (nSPS) is 25.1. The Morgan fingerprint density at radius 1 is 0.818 bits per heavy atom. The number of ether oxygens (including phenoxy) is 2. The van der Waals surface area contributed by atoms with Gasteiger partial charge in [-0.15, -0.1) is 0 Å². The summed E-state index contributed by atoms with van der Waals surface area (Å²) in [5.74, 6) is -3.30. The zero-order chi connectivity index (χ0) is 23.8. The van der Waals surface area contributed by atoms with Gasteiger partial charge >= 0.3 is 17.9 Å². The van der Waals surface area contributed by atoms with Crippen LogP contribution < -0.4 is 0 Å². The molecule has 33 heavy (non-hydrogen) atoms. The predicted octanol–water partition coefficient (Wildman–Crippen LogP) is 2.21. The smallest absolute Gasteiger partial charge is 0.348 e. The lowest BCUT2D eigenvalue weighted by Crippen LogP contribution is -2.58. The van der Waals surface area contributed by atoms with Crippen molar-refractivity contribution in [1.29, 1.82) is 0 Å². The number of carbonyl (C=O) groups is 3. The second kappa shape index (κ2) is 10.7. The van der Waals surface area contributed by atoms with Crippen LogP contribution in [0.5, 0.6) is 0 Å². The number of benzene rings is 2. The first kappa shape index (κ1) is 23.9. The van der Waals surface area contributed by atoms with Crippen molar-refractivity contribution in [3.63, 3.8) is 0 Å². The van der Waals surface area contributed by atoms with E-state index in [9.17, 15) is 29.7 Å². The van der Waals surface area contributed by atoms with Gasteiger partial charge in [-0.05, 0) is 23.3 Å². The summed E-state index contributed by atoms with van der Waals surface area (Å²) in [5.41, 5.74) is -0.738. The molecule has 0 bridgehead atoms. The number of hydrogen-bond donors (Lipinski definition) is 3. The second-order valence-corrected chi connectivity index (χ2v) is 7.65. The van der Waals surface area contributed by atoms with Crippen LogP contribution in [-0.2, 0) is 23.9 Å². The molecule has 4 atom stereocenters. The zero-order valence-electron chi connectivity index (χ0n) is 17.6. The van der Waals surface area contributed by atoms with E-state index in [1.54, 1.807) is 54.6 Å². The lowest BCUT2D eigenvalue weighted by molar-refractivity contribution is -0.207. The molecule has 8 heteroatoms. The van der Waals surface area contributed by atoms with E-state index in [0.29, 0.717) is 5.56 Å². The Morgan fingerprint density at radius 3 is 1.85 bits per heavy atom. The number of aliphatic hydroxyl groups excluding tert-OH is 2. The number of carbonyl (C=O) groups excluding carboxylic acids is 2. The van der Waals surface area contributed by atoms with Gasteiger partial charge < -0.3 is 24.8 Å². The van der Waals surface area contributed by atoms with Gasteiger partial charge in [0.15, 0.2) is 0 Å². The van der Waals surface area contributed by atoms with Crippen molar-refractivity contribution in [1.82, 2.24) is 0 Å². The van der Waals surface area contributed by atoms with Crippen molar-refractivity contribution >= 4 is 30.1 Å². The monoisotopic (exact) mass is 452 g/mol. The predicted molar refractivity (Wildman–Crippen MR) is 119 cm³/mol. The van der Waals surface area contributed by atoms with Crippen molar-refractivity contribution in [3.05, 3.63) is 83.9 Å². The minimum absolute atomic E-state index is 0.517. The van der Waals surface area contributed by atoms with Gasteiger partial charge in [-0.25, -0.2) is 14.4 Å². The summed E-state index contributed by atoms with van der Waals surface area (Å²) in [5, 5.41) is 30.3. The van der Waals surface area contributed by atoms with Crippen LogP contribution in [0.3, 0.4) is 0 Å². The zero-order valence-corrected chi connectivity index (χ0v) is 17.6. The van der Waals surface area contributed by atoms with E-state index >= 15 is 0 Å². The number of carboxylic acids is 1. The second-order valence-electron chi connectivity index (χ2n) is 7.65. The molecule has 3 rings (SSSR count). The molecular formula is C25H24O8. The maximum Gasteiger partial charge on any atom is 0.348 e. The van der Waals surface area contributed by atoms with Gasteiger partial charge in [0.1, 0.15) is 12.2 Å². The summed E-state index contributed by atoms with van der Waals surface area (Å²) in [6.07, 6.45) is -0.449. The van der Waals surface area contributed by atoms with Crippen molar-refractivity contribution in [2.45, 2.75) is 36.8 Å². The molecule has 0 radical (unpaired) electrons. The molecule has 0 spiro atoms. The number of aliphatic carboxylic acids is 1. The Kier molecular flexibility index (Phi) is 7.76. The SMILES string of the molecule is O=C(C=Cc1ccccc1)O[C@@H]1C[C@@](OC(=O)C=Cc2ccccc2)(C(=O)O)C[C@@H](O)[C@@H]1O. The van der Waals surface area contributed by atoms with Crippen LogP contribution in [0.1, 0.15) is 24.0 Å². The third kappa shape index (κ3) is 6.38. The largest absolute Gasteiger partial charge is 0.478 e. The maximum atomic E-state index is 12.3. The molecule has 0 aromatic heterocycles. The Bertz CT molecular complexity index is 1030. The minimum Gasteiger partial charge on any atom is -0.478 e. The summed E-state index contributed by atoms with van der Waals surface area (Å²) in [6.45, 7) is 0. The van der Waals surface area contributed by atoms with Crippen molar-refractivity contribution in [2.75, 3.05) is 0 Å². The van der Waals surface area contributed by atoms with E-state index in [1.165, 1.54) is 12.2 Å². The summed E-state index contributed by atoms with van der Waals surface area (Å²) < 4.78 is 10.4. The van der Waals surface area contributed by atoms with Crippen molar-refractivity contribution in [3.8, 4) is 0 Å². The molecule has 0 saturated heterocycles. The van der Waals surface area contributed by atoms with Gasteiger partial charge in [0, 0.05) is 25.0 Å². The highest BCUT2D eigenvalue weighted by Crippen LogP contribution is 2.35. The lowest BCUT2D eigenvalue weighted by atomic mass is 9.79. The Morgan fingerprint density at radius 2 is 1.33 bits per heavy atom. The number of hydrogen-bond acceptors (Lipinski definition) is 7. The van der Waals surface area contributed by atoms with Crippen LogP contribution in [0.2, 0.25) is 0 Å². The molecule has 2 aromatic carbocycles. The van der Waals surface area contributed by atoms with Gasteiger partial charge in [0.25, 0.3) is 0 Å². The highest BCUT2D eigenvalue weighted by atomic mass is 16.6. The van der Waals surface area contributed by atoms with E-state index < -0.39 is 54.7 Å². The molecule has 1 aliphatic carbocycles. The number of esters is 2. The first-order valence-corrected chi connectivity index (χ1v) is 10.3. The standard InChI is InChI=1S/C25H24O8/c26-19-15-25(24(30)31,33-22(28)14-12-18-9-5-2-6-10-18)16-20(23(19)29)32-21(27)13-11-17-7-3-1-4-8-17/h1-14,19-20,23,26,29H,15-16H2,(H,30,31)/t19-,20-,23+,25-/m1/s1. The summed E-state index contributed by atoms with van der Waals surface area (Å²) in [6, 6.07) is 17.8. The molecule has 1 saturated carbocycles. The molecule has 1 fully saturated rings. The minimum atomic E-state index is -2.18. The third-order valence-electron chi connectivity index (χ3n) is 5.22. The van der Waals surface area contributed by atoms with Gasteiger partial charge in [0.2, 0.25) is 5.60 Å². The average Bonchev–Trinajstić information content (AvgIpc) is 2.81. The van der Waals surface area contributed by atoms with E-state index in [0.717, 1.165) is 17.7 Å². The molecular weight excluding hydrogens is 428 g/mol. The quantitative estimate of drug-likeness (QED) is 0.431. The van der Waals surface area contributed by atoms with Gasteiger partial charge in [-0.2, -0.15) is 0 Å². The van der Waals surface area contributed by atoms with Gasteiger partial charge in [-0.1, -0.05) is 60.7 Å². The summed E-state index contributed by atoms with van der Waals surface area (Å²) >= 11 is 0. The Balaban J connectivity index is 1.72. The molecule has 3 N–H and O–H groups in total. The fourth-order valence-electron chi connectivity index (χ4n) is 3.52. The van der Waals surface area contributed by atoms with Crippen LogP contribution in [0, 0.1) is 0 Å². The van der Waals surface area contributed by atoms with Crippen LogP contribution in [0.25, 0.3) is 12.2 Å². The molecule has 0 amide bonds. The van der Waals surface area contributed by atoms with Crippen LogP contribution in [0.4, 0.5) is 0 Å². The Labute approximate surface area is 190 Å². The van der Waals surface area contributed by atoms with E-state index in [4.69, 9.17) is 9.47 Å². The molecule has 1 aliphatic rings. The highest BCUT2D eigenvalue weighted by molar-refractivity contribution is 5.91. The van der Waals surface area contributed by atoms with Crippen LogP contribution >= 0.6 is 0 Å². The first-order chi connectivity index (χ1) is 15.8. The fraction of sp³-hybridized carbons (Fsp3) is 0.240. The van der Waals surface area contributed by atoms with Crippen molar-refractivity contribution < 1.29 is 39.2 Å².